The maximum absolute atomic E-state index is 5.69. The monoisotopic (exact) mass is 300 g/mol. The van der Waals surface area contributed by atoms with Crippen molar-refractivity contribution >= 4 is 0 Å². The Bertz CT molecular complexity index is 285. The molecule has 4 heteroatoms. The average Bonchev–Trinajstić information content (AvgIpc) is 2.46. The van der Waals surface area contributed by atoms with Gasteiger partial charge in [0.25, 0.3) is 0 Å². The van der Waals surface area contributed by atoms with Gasteiger partial charge >= 0.3 is 0 Å². The van der Waals surface area contributed by atoms with E-state index in [0.717, 1.165) is 26.2 Å². The summed E-state index contributed by atoms with van der Waals surface area (Å²) in [4.78, 5) is 2.66. The van der Waals surface area contributed by atoms with Crippen LogP contribution in [0.1, 0.15) is 47.5 Å². The molecular formula is C17H36N2O2. The SMILES string of the molecule is CCC1(CC)CNC(C(C)(C)C)CN1CCOCCOC. The van der Waals surface area contributed by atoms with Crippen LogP contribution in [0.15, 0.2) is 0 Å². The quantitative estimate of drug-likeness (QED) is 0.699. The number of rotatable bonds is 8. The van der Waals surface area contributed by atoms with Gasteiger partial charge in [-0.15, -0.1) is 0 Å². The van der Waals surface area contributed by atoms with Crippen LogP contribution in [0, 0.1) is 5.41 Å². The largest absolute Gasteiger partial charge is 0.382 e. The van der Waals surface area contributed by atoms with E-state index < -0.39 is 0 Å². The molecular weight excluding hydrogens is 264 g/mol. The second-order valence-electron chi connectivity index (χ2n) is 7.28. The Balaban J connectivity index is 2.61. The van der Waals surface area contributed by atoms with E-state index >= 15 is 0 Å². The molecule has 126 valence electrons. The zero-order chi connectivity index (χ0) is 15.9. The van der Waals surface area contributed by atoms with E-state index in [9.17, 15) is 0 Å². The van der Waals surface area contributed by atoms with Crippen molar-refractivity contribution in [2.24, 2.45) is 5.41 Å². The van der Waals surface area contributed by atoms with E-state index in [1.54, 1.807) is 7.11 Å². The molecule has 0 aliphatic carbocycles. The third-order valence-corrected chi connectivity index (χ3v) is 5.05. The van der Waals surface area contributed by atoms with Crippen molar-refractivity contribution in [3.05, 3.63) is 0 Å². The molecule has 1 saturated heterocycles. The van der Waals surface area contributed by atoms with Gasteiger partial charge in [-0.1, -0.05) is 34.6 Å². The molecule has 1 fully saturated rings. The molecule has 0 spiro atoms. The maximum Gasteiger partial charge on any atom is 0.0700 e. The summed E-state index contributed by atoms with van der Waals surface area (Å²) in [5.41, 5.74) is 0.579. The fourth-order valence-corrected chi connectivity index (χ4v) is 3.18. The molecule has 1 unspecified atom stereocenters. The van der Waals surface area contributed by atoms with Gasteiger partial charge in [0.2, 0.25) is 0 Å². The van der Waals surface area contributed by atoms with Crippen LogP contribution in [0.2, 0.25) is 0 Å². The average molecular weight is 300 g/mol. The van der Waals surface area contributed by atoms with Crippen LogP contribution in [-0.2, 0) is 9.47 Å². The molecule has 1 atom stereocenters. The van der Waals surface area contributed by atoms with Crippen molar-refractivity contribution in [1.29, 1.82) is 0 Å². The zero-order valence-electron chi connectivity index (χ0n) is 15.0. The van der Waals surface area contributed by atoms with Crippen molar-refractivity contribution in [1.82, 2.24) is 10.2 Å². The molecule has 0 bridgehead atoms. The topological polar surface area (TPSA) is 33.7 Å². The fraction of sp³-hybridized carbons (Fsp3) is 1.00. The molecule has 0 amide bonds. The maximum atomic E-state index is 5.69. The highest BCUT2D eigenvalue weighted by Crippen LogP contribution is 2.31. The Morgan fingerprint density at radius 3 is 2.33 bits per heavy atom. The normalized spacial score (nSPS) is 23.4. The van der Waals surface area contributed by atoms with Gasteiger partial charge in [0.1, 0.15) is 0 Å². The Kier molecular flexibility index (Phi) is 7.62. The van der Waals surface area contributed by atoms with Gasteiger partial charge in [-0.25, -0.2) is 0 Å². The summed E-state index contributed by atoms with van der Waals surface area (Å²) >= 11 is 0. The van der Waals surface area contributed by atoms with Gasteiger partial charge in [-0.3, -0.25) is 4.90 Å². The van der Waals surface area contributed by atoms with Gasteiger partial charge in [0, 0.05) is 38.3 Å². The highest BCUT2D eigenvalue weighted by molar-refractivity contribution is 5.00. The molecule has 1 aliphatic rings. The van der Waals surface area contributed by atoms with E-state index in [1.165, 1.54) is 12.8 Å². The van der Waals surface area contributed by atoms with Crippen molar-refractivity contribution in [3.8, 4) is 0 Å². The number of nitrogens with one attached hydrogen (secondary N) is 1. The predicted octanol–water partition coefficient (Wildman–Crippen LogP) is 2.53. The molecule has 0 saturated carbocycles. The Morgan fingerprint density at radius 1 is 1.14 bits per heavy atom. The summed E-state index contributed by atoms with van der Waals surface area (Å²) in [6.07, 6.45) is 2.37. The number of nitrogens with zero attached hydrogens (tertiary/aromatic N) is 1. The van der Waals surface area contributed by atoms with Gasteiger partial charge in [-0.05, 0) is 18.3 Å². The molecule has 1 heterocycles. The summed E-state index contributed by atoms with van der Waals surface area (Å²) in [5, 5.41) is 3.79. The van der Waals surface area contributed by atoms with Gasteiger partial charge < -0.3 is 14.8 Å². The van der Waals surface area contributed by atoms with Crippen LogP contribution in [0.3, 0.4) is 0 Å². The minimum Gasteiger partial charge on any atom is -0.382 e. The standard InChI is InChI=1S/C17H36N2O2/c1-7-17(8-2)14-18-15(16(3,4)5)13-19(17)9-10-21-12-11-20-6/h15,18H,7-14H2,1-6H3. The minimum atomic E-state index is 0.284. The number of piperazine rings is 1. The van der Waals surface area contributed by atoms with E-state index in [1.807, 2.05) is 0 Å². The summed E-state index contributed by atoms with van der Waals surface area (Å²) < 4.78 is 10.7. The lowest BCUT2D eigenvalue weighted by Gasteiger charge is -2.52. The van der Waals surface area contributed by atoms with Crippen LogP contribution < -0.4 is 5.32 Å². The number of ether oxygens (including phenoxy) is 2. The smallest absolute Gasteiger partial charge is 0.0700 e. The molecule has 21 heavy (non-hydrogen) atoms. The van der Waals surface area contributed by atoms with Crippen molar-refractivity contribution in [2.75, 3.05) is 46.6 Å². The van der Waals surface area contributed by atoms with Crippen molar-refractivity contribution in [2.45, 2.75) is 59.0 Å². The van der Waals surface area contributed by atoms with E-state index in [-0.39, 0.29) is 5.54 Å². The second kappa shape index (κ2) is 8.47. The first kappa shape index (κ1) is 18.9. The highest BCUT2D eigenvalue weighted by Gasteiger charge is 2.41. The lowest BCUT2D eigenvalue weighted by molar-refractivity contribution is -0.0178. The van der Waals surface area contributed by atoms with Crippen LogP contribution >= 0.6 is 0 Å². The fourth-order valence-electron chi connectivity index (χ4n) is 3.18. The van der Waals surface area contributed by atoms with E-state index in [4.69, 9.17) is 9.47 Å². The van der Waals surface area contributed by atoms with Crippen LogP contribution in [0.5, 0.6) is 0 Å². The first-order chi connectivity index (χ1) is 9.89. The Labute approximate surface area is 131 Å². The van der Waals surface area contributed by atoms with Crippen LogP contribution in [0.4, 0.5) is 0 Å². The first-order valence-electron chi connectivity index (χ1n) is 8.44. The molecule has 0 aromatic heterocycles. The van der Waals surface area contributed by atoms with Crippen molar-refractivity contribution in [3.63, 3.8) is 0 Å². The molecule has 1 rings (SSSR count). The predicted molar refractivity (Wildman–Crippen MR) is 88.8 cm³/mol. The lowest BCUT2D eigenvalue weighted by atomic mass is 9.80. The first-order valence-corrected chi connectivity index (χ1v) is 8.44. The van der Waals surface area contributed by atoms with Gasteiger partial charge in [0.15, 0.2) is 0 Å². The van der Waals surface area contributed by atoms with Gasteiger partial charge in [-0.2, -0.15) is 0 Å². The van der Waals surface area contributed by atoms with Crippen LogP contribution in [0.25, 0.3) is 0 Å². The highest BCUT2D eigenvalue weighted by atomic mass is 16.5. The minimum absolute atomic E-state index is 0.284. The van der Waals surface area contributed by atoms with Crippen LogP contribution in [-0.4, -0.2) is 63.0 Å². The molecule has 0 radical (unpaired) electrons. The van der Waals surface area contributed by atoms with E-state index in [2.05, 4.69) is 44.8 Å². The summed E-state index contributed by atoms with van der Waals surface area (Å²) in [6, 6.07) is 0.544. The summed E-state index contributed by atoms with van der Waals surface area (Å²) in [7, 11) is 1.72. The number of hydrogen-bond acceptors (Lipinski definition) is 4. The molecule has 1 N–H and O–H groups in total. The molecule has 0 aromatic carbocycles. The molecule has 4 nitrogen and oxygen atoms in total. The Morgan fingerprint density at radius 2 is 1.81 bits per heavy atom. The zero-order valence-corrected chi connectivity index (χ0v) is 15.0. The second-order valence-corrected chi connectivity index (χ2v) is 7.28. The molecule has 1 aliphatic heterocycles. The summed E-state index contributed by atoms with van der Waals surface area (Å²) in [5.74, 6) is 0. The number of methoxy groups -OCH3 is 1. The number of hydrogen-bond donors (Lipinski definition) is 1. The van der Waals surface area contributed by atoms with E-state index in [0.29, 0.717) is 24.7 Å². The lowest BCUT2D eigenvalue weighted by Crippen LogP contribution is -2.67. The van der Waals surface area contributed by atoms with Gasteiger partial charge in [0.05, 0.1) is 19.8 Å². The van der Waals surface area contributed by atoms with Crippen molar-refractivity contribution < 1.29 is 9.47 Å². The third-order valence-electron chi connectivity index (χ3n) is 5.05. The Hall–Kier alpha value is -0.160. The third kappa shape index (κ3) is 5.20. The summed E-state index contributed by atoms with van der Waals surface area (Å²) in [6.45, 7) is 17.0. The molecule has 0 aromatic rings.